The zero-order chi connectivity index (χ0) is 16.9. The van der Waals surface area contributed by atoms with E-state index in [9.17, 15) is 0 Å². The molecule has 0 saturated carbocycles. The summed E-state index contributed by atoms with van der Waals surface area (Å²) in [4.78, 5) is 2.38. The van der Waals surface area contributed by atoms with Gasteiger partial charge < -0.3 is 0 Å². The molecule has 0 spiro atoms. The summed E-state index contributed by atoms with van der Waals surface area (Å²) in [7, 11) is 2.19. The number of benzene rings is 3. The molecule has 0 N–H and O–H groups in total. The summed E-state index contributed by atoms with van der Waals surface area (Å²) >= 11 is 0. The molecule has 122 valence electrons. The van der Waals surface area contributed by atoms with Gasteiger partial charge in [0.15, 0.2) is 0 Å². The topological polar surface area (TPSA) is 3.24 Å². The highest BCUT2D eigenvalue weighted by Gasteiger charge is 2.12. The monoisotopic (exact) mass is 315 g/mol. The minimum absolute atomic E-state index is 0.373. The summed E-state index contributed by atoms with van der Waals surface area (Å²) in [5.74, 6) is 0. The van der Waals surface area contributed by atoms with Crippen LogP contribution in [0.4, 0.5) is 0 Å². The van der Waals surface area contributed by atoms with Crippen LogP contribution in [0, 0.1) is 6.92 Å². The predicted molar refractivity (Wildman–Crippen MR) is 105 cm³/mol. The fourth-order valence-electron chi connectivity index (χ4n) is 3.14. The van der Waals surface area contributed by atoms with E-state index < -0.39 is 0 Å². The van der Waals surface area contributed by atoms with Gasteiger partial charge in [-0.2, -0.15) is 0 Å². The van der Waals surface area contributed by atoms with E-state index in [4.69, 9.17) is 0 Å². The van der Waals surface area contributed by atoms with Crippen molar-refractivity contribution in [2.75, 3.05) is 13.6 Å². The quantitative estimate of drug-likeness (QED) is 0.570. The van der Waals surface area contributed by atoms with Gasteiger partial charge >= 0.3 is 0 Å². The van der Waals surface area contributed by atoms with E-state index in [2.05, 4.69) is 105 Å². The third-order valence-electron chi connectivity index (χ3n) is 4.68. The highest BCUT2D eigenvalue weighted by molar-refractivity contribution is 5.86. The van der Waals surface area contributed by atoms with Crippen molar-refractivity contribution in [3.8, 4) is 0 Å². The van der Waals surface area contributed by atoms with Crippen LogP contribution < -0.4 is 0 Å². The number of hydrogen-bond acceptors (Lipinski definition) is 1. The zero-order valence-corrected chi connectivity index (χ0v) is 14.7. The van der Waals surface area contributed by atoms with Crippen molar-refractivity contribution in [3.63, 3.8) is 0 Å². The van der Waals surface area contributed by atoms with Crippen LogP contribution in [0.3, 0.4) is 0 Å². The third kappa shape index (κ3) is 3.74. The van der Waals surface area contributed by atoms with Crippen LogP contribution in [-0.4, -0.2) is 18.5 Å². The molecule has 0 unspecified atom stereocenters. The third-order valence-corrected chi connectivity index (χ3v) is 4.68. The summed E-state index contributed by atoms with van der Waals surface area (Å²) in [6.45, 7) is 5.34. The first kappa shape index (κ1) is 16.5. The number of nitrogens with zero attached hydrogens (tertiary/aromatic N) is 1. The number of likely N-dealkylation sites (N-methyl/N-ethyl adjacent to an activating group) is 1. The highest BCUT2D eigenvalue weighted by atomic mass is 15.1. The molecule has 0 aliphatic heterocycles. The van der Waals surface area contributed by atoms with E-state index in [0.717, 1.165) is 6.54 Å². The Bertz CT molecular complexity index is 842. The Morgan fingerprint density at radius 2 is 1.71 bits per heavy atom. The standard InChI is InChI=1S/C23H25N/c1-18-9-6-10-20(17-18)11-8-16-24(3)19(2)22-15-7-13-21-12-4-5-14-23(21)22/h4-15,17,19H,16H2,1-3H3/b11-8+/t19-/m1/s1. The minimum Gasteiger partial charge on any atom is -0.296 e. The Labute approximate surface area is 145 Å². The largest absolute Gasteiger partial charge is 0.296 e. The molecule has 3 aromatic carbocycles. The molecule has 1 heteroatoms. The van der Waals surface area contributed by atoms with Gasteiger partial charge in [0, 0.05) is 12.6 Å². The lowest BCUT2D eigenvalue weighted by molar-refractivity contribution is 0.292. The van der Waals surface area contributed by atoms with Gasteiger partial charge in [-0.25, -0.2) is 0 Å². The van der Waals surface area contributed by atoms with E-state index in [1.54, 1.807) is 0 Å². The van der Waals surface area contributed by atoms with Crippen molar-refractivity contribution >= 4 is 16.8 Å². The first-order valence-electron chi connectivity index (χ1n) is 8.56. The summed E-state index contributed by atoms with van der Waals surface area (Å²) in [5.41, 5.74) is 3.95. The molecule has 0 bridgehead atoms. The van der Waals surface area contributed by atoms with Crippen LogP contribution >= 0.6 is 0 Å². The van der Waals surface area contributed by atoms with Crippen LogP contribution in [0.1, 0.15) is 29.7 Å². The Balaban J connectivity index is 1.73. The first-order chi connectivity index (χ1) is 11.6. The maximum absolute atomic E-state index is 2.38. The number of aryl methyl sites for hydroxylation is 1. The Hall–Kier alpha value is -2.38. The molecule has 0 aromatic heterocycles. The van der Waals surface area contributed by atoms with E-state index in [-0.39, 0.29) is 0 Å². The molecule has 0 saturated heterocycles. The molecule has 0 amide bonds. The second-order valence-electron chi connectivity index (χ2n) is 6.50. The number of rotatable bonds is 5. The van der Waals surface area contributed by atoms with Crippen LogP contribution in [0.5, 0.6) is 0 Å². The lowest BCUT2D eigenvalue weighted by Gasteiger charge is -2.25. The Kier molecular flexibility index (Phi) is 5.12. The lowest BCUT2D eigenvalue weighted by Crippen LogP contribution is -2.22. The van der Waals surface area contributed by atoms with Crippen molar-refractivity contribution in [2.45, 2.75) is 19.9 Å². The maximum atomic E-state index is 2.38. The average molecular weight is 315 g/mol. The van der Waals surface area contributed by atoms with E-state index in [0.29, 0.717) is 6.04 Å². The fourth-order valence-corrected chi connectivity index (χ4v) is 3.14. The van der Waals surface area contributed by atoms with Gasteiger partial charge in [0.2, 0.25) is 0 Å². The highest BCUT2D eigenvalue weighted by Crippen LogP contribution is 2.27. The molecule has 0 aliphatic rings. The lowest BCUT2D eigenvalue weighted by atomic mass is 9.99. The van der Waals surface area contributed by atoms with Gasteiger partial charge in [-0.05, 0) is 42.8 Å². The van der Waals surface area contributed by atoms with Crippen molar-refractivity contribution in [1.29, 1.82) is 0 Å². The molecule has 0 aliphatic carbocycles. The summed E-state index contributed by atoms with van der Waals surface area (Å²) in [5, 5.41) is 2.66. The van der Waals surface area contributed by atoms with Crippen molar-refractivity contribution in [3.05, 3.63) is 89.5 Å². The van der Waals surface area contributed by atoms with Crippen LogP contribution in [-0.2, 0) is 0 Å². The molecule has 0 radical (unpaired) electrons. The summed E-state index contributed by atoms with van der Waals surface area (Å²) in [6.07, 6.45) is 4.45. The molecule has 0 heterocycles. The van der Waals surface area contributed by atoms with Gasteiger partial charge in [0.05, 0.1) is 0 Å². The zero-order valence-electron chi connectivity index (χ0n) is 14.7. The Morgan fingerprint density at radius 1 is 0.958 bits per heavy atom. The molecule has 3 aromatic rings. The predicted octanol–water partition coefficient (Wildman–Crippen LogP) is 5.85. The maximum Gasteiger partial charge on any atom is 0.0326 e. The molecule has 3 rings (SSSR count). The van der Waals surface area contributed by atoms with Crippen LogP contribution in [0.25, 0.3) is 16.8 Å². The van der Waals surface area contributed by atoms with Gasteiger partial charge in [0.25, 0.3) is 0 Å². The Morgan fingerprint density at radius 3 is 2.54 bits per heavy atom. The second-order valence-corrected chi connectivity index (χ2v) is 6.50. The van der Waals surface area contributed by atoms with Gasteiger partial charge in [0.1, 0.15) is 0 Å². The molecule has 24 heavy (non-hydrogen) atoms. The molecule has 0 fully saturated rings. The van der Waals surface area contributed by atoms with Gasteiger partial charge in [-0.15, -0.1) is 0 Å². The van der Waals surface area contributed by atoms with Crippen molar-refractivity contribution in [1.82, 2.24) is 4.90 Å². The van der Waals surface area contributed by atoms with Gasteiger partial charge in [-0.3, -0.25) is 4.90 Å². The smallest absolute Gasteiger partial charge is 0.0326 e. The van der Waals surface area contributed by atoms with Crippen LogP contribution in [0.15, 0.2) is 72.8 Å². The summed E-state index contributed by atoms with van der Waals surface area (Å²) < 4.78 is 0. The van der Waals surface area contributed by atoms with Crippen LogP contribution in [0.2, 0.25) is 0 Å². The van der Waals surface area contributed by atoms with E-state index in [1.165, 1.54) is 27.5 Å². The molecular weight excluding hydrogens is 290 g/mol. The van der Waals surface area contributed by atoms with Gasteiger partial charge in [-0.1, -0.05) is 84.4 Å². The van der Waals surface area contributed by atoms with E-state index >= 15 is 0 Å². The van der Waals surface area contributed by atoms with Crippen molar-refractivity contribution < 1.29 is 0 Å². The number of fused-ring (bicyclic) bond motifs is 1. The molecule has 1 atom stereocenters. The summed E-state index contributed by atoms with van der Waals surface area (Å²) in [6, 6.07) is 24.2. The van der Waals surface area contributed by atoms with E-state index in [1.807, 2.05) is 0 Å². The second kappa shape index (κ2) is 7.46. The normalized spacial score (nSPS) is 13.0. The molecular formula is C23H25N. The minimum atomic E-state index is 0.373. The van der Waals surface area contributed by atoms with Crippen molar-refractivity contribution in [2.24, 2.45) is 0 Å². The fraction of sp³-hybridized carbons (Fsp3) is 0.217. The molecule has 1 nitrogen and oxygen atoms in total. The first-order valence-corrected chi connectivity index (χ1v) is 8.56. The SMILES string of the molecule is Cc1cccc(/C=C/CN(C)[C@H](C)c2cccc3ccccc23)c1. The number of hydrogen-bond donors (Lipinski definition) is 0. The average Bonchev–Trinajstić information content (AvgIpc) is 2.60.